The van der Waals surface area contributed by atoms with E-state index in [0.29, 0.717) is 35.2 Å². The number of allylic oxidation sites excluding steroid dienone is 1. The quantitative estimate of drug-likeness (QED) is 0.432. The van der Waals surface area contributed by atoms with Crippen molar-refractivity contribution in [2.45, 2.75) is 19.5 Å². The summed E-state index contributed by atoms with van der Waals surface area (Å²) in [4.78, 5) is 21.0. The minimum atomic E-state index is -0.107. The fraction of sp³-hybridized carbons (Fsp3) is 0.217. The predicted octanol–water partition coefficient (Wildman–Crippen LogP) is 3.69. The first kappa shape index (κ1) is 19.7. The van der Waals surface area contributed by atoms with E-state index in [0.717, 1.165) is 34.2 Å². The van der Waals surface area contributed by atoms with Gasteiger partial charge in [-0.3, -0.25) is 4.79 Å². The number of rotatable bonds is 7. The van der Waals surface area contributed by atoms with E-state index >= 15 is 0 Å². The zero-order valence-electron chi connectivity index (χ0n) is 16.8. The number of benzene rings is 2. The highest BCUT2D eigenvalue weighted by atomic mass is 35.5. The van der Waals surface area contributed by atoms with Gasteiger partial charge in [0, 0.05) is 41.6 Å². The van der Waals surface area contributed by atoms with Crippen LogP contribution in [0, 0.1) is 0 Å². The molecular formula is C23H21ClN4O3. The molecule has 0 atom stereocenters. The molecule has 7 nitrogen and oxygen atoms in total. The minimum absolute atomic E-state index is 0.107. The smallest absolute Gasteiger partial charge is 0.255 e. The van der Waals surface area contributed by atoms with Crippen LogP contribution in [0.2, 0.25) is 0 Å². The predicted molar refractivity (Wildman–Crippen MR) is 121 cm³/mol. The number of hydrogen-bond acceptors (Lipinski definition) is 5. The monoisotopic (exact) mass is 436 g/mol. The molecule has 0 fully saturated rings. The lowest BCUT2D eigenvalue weighted by atomic mass is 10.1. The highest BCUT2D eigenvalue weighted by Gasteiger charge is 2.18. The summed E-state index contributed by atoms with van der Waals surface area (Å²) in [5.74, 6) is 2.21. The van der Waals surface area contributed by atoms with Crippen molar-refractivity contribution in [2.24, 2.45) is 0 Å². The summed E-state index contributed by atoms with van der Waals surface area (Å²) in [6.45, 7) is 5.26. The molecule has 2 aromatic heterocycles. The summed E-state index contributed by atoms with van der Waals surface area (Å²) in [7, 11) is 0. The number of aromatic amines is 1. The molecule has 0 spiro atoms. The number of pyridine rings is 1. The fourth-order valence-corrected chi connectivity index (χ4v) is 3.96. The van der Waals surface area contributed by atoms with E-state index < -0.39 is 0 Å². The Hall–Kier alpha value is -3.29. The van der Waals surface area contributed by atoms with Crippen molar-refractivity contribution in [2.75, 3.05) is 13.3 Å². The molecule has 5 rings (SSSR count). The Balaban J connectivity index is 1.37. The molecule has 31 heavy (non-hydrogen) atoms. The van der Waals surface area contributed by atoms with Crippen molar-refractivity contribution in [1.29, 1.82) is 0 Å². The Morgan fingerprint density at radius 1 is 1.23 bits per heavy atom. The average Bonchev–Trinajstić information content (AvgIpc) is 3.38. The fourth-order valence-electron chi connectivity index (χ4n) is 3.84. The number of fused-ring (bicyclic) bond motifs is 3. The SMILES string of the molecule is C=C(Cl)Cn1c(=O)c(CNCCc2nc3ccccc3[nH]2)cc2cc3c(cc21)OCO3. The average molecular weight is 437 g/mol. The Kier molecular flexibility index (Phi) is 5.13. The van der Waals surface area contributed by atoms with E-state index in [1.807, 2.05) is 42.5 Å². The molecule has 3 heterocycles. The molecule has 0 saturated heterocycles. The number of ether oxygens (including phenoxy) is 2. The zero-order chi connectivity index (χ0) is 21.4. The van der Waals surface area contributed by atoms with Gasteiger partial charge in [-0.05, 0) is 24.3 Å². The van der Waals surface area contributed by atoms with Gasteiger partial charge in [-0.15, -0.1) is 0 Å². The van der Waals surface area contributed by atoms with Crippen molar-refractivity contribution in [3.63, 3.8) is 0 Å². The Morgan fingerprint density at radius 2 is 2.03 bits per heavy atom. The van der Waals surface area contributed by atoms with Gasteiger partial charge in [0.1, 0.15) is 5.82 Å². The first-order valence-electron chi connectivity index (χ1n) is 10.0. The number of halogens is 1. The molecule has 2 N–H and O–H groups in total. The highest BCUT2D eigenvalue weighted by molar-refractivity contribution is 6.29. The van der Waals surface area contributed by atoms with Crippen LogP contribution in [0.25, 0.3) is 21.9 Å². The molecule has 0 unspecified atom stereocenters. The summed E-state index contributed by atoms with van der Waals surface area (Å²) in [6, 6.07) is 13.5. The van der Waals surface area contributed by atoms with Gasteiger partial charge < -0.3 is 24.3 Å². The highest BCUT2D eigenvalue weighted by Crippen LogP contribution is 2.36. The summed E-state index contributed by atoms with van der Waals surface area (Å²) in [5.41, 5.74) is 3.25. The van der Waals surface area contributed by atoms with Crippen LogP contribution in [0.5, 0.6) is 11.5 Å². The zero-order valence-corrected chi connectivity index (χ0v) is 17.5. The lowest BCUT2D eigenvalue weighted by Gasteiger charge is -2.13. The molecular weight excluding hydrogens is 416 g/mol. The van der Waals surface area contributed by atoms with Crippen LogP contribution in [-0.2, 0) is 19.5 Å². The maximum absolute atomic E-state index is 13.1. The number of nitrogens with one attached hydrogen (secondary N) is 2. The summed E-state index contributed by atoms with van der Waals surface area (Å²) in [6.07, 6.45) is 0.730. The van der Waals surface area contributed by atoms with Crippen LogP contribution in [0.4, 0.5) is 0 Å². The Morgan fingerprint density at radius 3 is 2.84 bits per heavy atom. The van der Waals surface area contributed by atoms with Crippen LogP contribution in [0.3, 0.4) is 0 Å². The van der Waals surface area contributed by atoms with E-state index in [9.17, 15) is 4.79 Å². The number of para-hydroxylation sites is 2. The van der Waals surface area contributed by atoms with Crippen LogP contribution in [0.1, 0.15) is 11.4 Å². The van der Waals surface area contributed by atoms with Gasteiger partial charge in [0.2, 0.25) is 6.79 Å². The number of H-pyrrole nitrogens is 1. The normalized spacial score (nSPS) is 12.7. The summed E-state index contributed by atoms with van der Waals surface area (Å²) in [5, 5.41) is 4.62. The van der Waals surface area contributed by atoms with E-state index in [2.05, 4.69) is 21.9 Å². The second kappa shape index (κ2) is 8.09. The van der Waals surface area contributed by atoms with Gasteiger partial charge >= 0.3 is 0 Å². The van der Waals surface area contributed by atoms with Crippen LogP contribution in [-0.4, -0.2) is 27.9 Å². The lowest BCUT2D eigenvalue weighted by Crippen LogP contribution is -2.28. The van der Waals surface area contributed by atoms with Gasteiger partial charge in [-0.2, -0.15) is 0 Å². The molecule has 0 saturated carbocycles. The molecule has 158 valence electrons. The third-order valence-electron chi connectivity index (χ3n) is 5.28. The molecule has 1 aliphatic heterocycles. The molecule has 0 aliphatic carbocycles. The van der Waals surface area contributed by atoms with Crippen molar-refractivity contribution in [3.8, 4) is 11.5 Å². The van der Waals surface area contributed by atoms with E-state index in [1.54, 1.807) is 4.57 Å². The molecule has 2 aromatic carbocycles. The van der Waals surface area contributed by atoms with Gasteiger partial charge in [-0.1, -0.05) is 30.3 Å². The molecule has 4 aromatic rings. The van der Waals surface area contributed by atoms with Crippen LogP contribution in [0.15, 0.2) is 58.9 Å². The maximum atomic E-state index is 13.1. The topological polar surface area (TPSA) is 81.2 Å². The minimum Gasteiger partial charge on any atom is -0.454 e. The van der Waals surface area contributed by atoms with Crippen molar-refractivity contribution in [1.82, 2.24) is 19.9 Å². The van der Waals surface area contributed by atoms with Gasteiger partial charge in [0.05, 0.1) is 23.1 Å². The van der Waals surface area contributed by atoms with E-state index in [-0.39, 0.29) is 18.9 Å². The first-order valence-corrected chi connectivity index (χ1v) is 10.4. The molecule has 0 radical (unpaired) electrons. The van der Waals surface area contributed by atoms with Crippen molar-refractivity contribution < 1.29 is 9.47 Å². The van der Waals surface area contributed by atoms with E-state index in [4.69, 9.17) is 21.1 Å². The summed E-state index contributed by atoms with van der Waals surface area (Å²) < 4.78 is 12.6. The Bertz CT molecular complexity index is 1330. The van der Waals surface area contributed by atoms with Crippen molar-refractivity contribution in [3.05, 3.63) is 75.8 Å². The second-order valence-electron chi connectivity index (χ2n) is 7.47. The molecule has 0 amide bonds. The van der Waals surface area contributed by atoms with E-state index in [1.165, 1.54) is 0 Å². The van der Waals surface area contributed by atoms with Gasteiger partial charge in [0.15, 0.2) is 11.5 Å². The number of hydrogen-bond donors (Lipinski definition) is 2. The van der Waals surface area contributed by atoms with Crippen LogP contribution >= 0.6 is 11.6 Å². The second-order valence-corrected chi connectivity index (χ2v) is 8.00. The largest absolute Gasteiger partial charge is 0.454 e. The Labute approximate surface area is 183 Å². The lowest BCUT2D eigenvalue weighted by molar-refractivity contribution is 0.174. The summed E-state index contributed by atoms with van der Waals surface area (Å²) >= 11 is 6.05. The molecule has 8 heteroatoms. The third-order valence-corrected chi connectivity index (χ3v) is 5.40. The third kappa shape index (κ3) is 3.89. The number of imidazole rings is 1. The van der Waals surface area contributed by atoms with Gasteiger partial charge in [-0.25, -0.2) is 4.98 Å². The number of nitrogens with zero attached hydrogens (tertiary/aromatic N) is 2. The molecule has 0 bridgehead atoms. The molecule has 1 aliphatic rings. The maximum Gasteiger partial charge on any atom is 0.255 e. The van der Waals surface area contributed by atoms with Crippen LogP contribution < -0.4 is 20.3 Å². The standard InChI is InChI=1S/C23H21ClN4O3/c1-14(24)12-28-19-10-21-20(30-13-31-21)9-15(19)8-16(23(28)29)11-25-7-6-22-26-17-4-2-3-5-18(17)27-22/h2-5,8-10,25H,1,6-7,11-13H2,(H,26,27). The number of aromatic nitrogens is 3. The van der Waals surface area contributed by atoms with Crippen molar-refractivity contribution >= 4 is 33.5 Å². The van der Waals surface area contributed by atoms with Gasteiger partial charge in [0.25, 0.3) is 5.56 Å². The first-order chi connectivity index (χ1) is 15.1.